The maximum Gasteiger partial charge on any atom is 0.407 e. The molecule has 0 aliphatic heterocycles. The third-order valence-corrected chi connectivity index (χ3v) is 3.31. The fraction of sp³-hybridized carbons (Fsp3) is 0.842. The highest BCUT2D eigenvalue weighted by Crippen LogP contribution is 2.14. The first kappa shape index (κ1) is 24.2. The largest absolute Gasteiger partial charge is 0.458 e. The quantitative estimate of drug-likeness (QED) is 0.607. The second-order valence-electron chi connectivity index (χ2n) is 8.27. The summed E-state index contributed by atoms with van der Waals surface area (Å²) in [5, 5.41) is 5.31. The third-order valence-electron chi connectivity index (χ3n) is 3.31. The zero-order valence-electron chi connectivity index (χ0n) is 17.5. The minimum absolute atomic E-state index is 0.178. The molecule has 0 heterocycles. The van der Waals surface area contributed by atoms with Crippen LogP contribution in [-0.4, -0.2) is 42.3 Å². The molecular weight excluding hydrogens is 336 g/mol. The van der Waals surface area contributed by atoms with Gasteiger partial charge in [0, 0.05) is 0 Å². The van der Waals surface area contributed by atoms with Gasteiger partial charge in [-0.25, -0.2) is 9.59 Å². The molecule has 0 radical (unpaired) electrons. The summed E-state index contributed by atoms with van der Waals surface area (Å²) in [4.78, 5) is 36.9. The molecule has 7 nitrogen and oxygen atoms in total. The number of carbonyl (C=O) groups excluding carboxylic acids is 3. The summed E-state index contributed by atoms with van der Waals surface area (Å²) in [5.74, 6) is -0.519. The van der Waals surface area contributed by atoms with E-state index in [0.29, 0.717) is 12.8 Å². The number of carbonyl (C=O) groups is 3. The lowest BCUT2D eigenvalue weighted by atomic mass is 10.0. The Kier molecular flexibility index (Phi) is 10.3. The molecule has 0 aromatic heterocycles. The number of amides is 2. The van der Waals surface area contributed by atoms with E-state index in [1.54, 1.807) is 27.7 Å². The van der Waals surface area contributed by atoms with Crippen LogP contribution in [0.15, 0.2) is 0 Å². The molecule has 0 fully saturated rings. The van der Waals surface area contributed by atoms with Crippen LogP contribution in [0.4, 0.5) is 4.79 Å². The van der Waals surface area contributed by atoms with E-state index >= 15 is 0 Å². The Bertz CT molecular complexity index is 469. The Morgan fingerprint density at radius 1 is 0.885 bits per heavy atom. The van der Waals surface area contributed by atoms with Crippen LogP contribution in [0, 0.1) is 11.8 Å². The van der Waals surface area contributed by atoms with Crippen molar-refractivity contribution in [3.05, 3.63) is 0 Å². The summed E-state index contributed by atoms with van der Waals surface area (Å²) in [5.41, 5.74) is -0.641. The SMILES string of the molecule is CCOC(=O)N[C@@H](CC(C)C)C(=O)N[C@@H](CC(C)C)C(=O)OC(C)(C)C. The first-order chi connectivity index (χ1) is 11.9. The summed E-state index contributed by atoms with van der Waals surface area (Å²) in [6.45, 7) is 15.1. The zero-order valence-corrected chi connectivity index (χ0v) is 17.5. The minimum atomic E-state index is -0.772. The lowest BCUT2D eigenvalue weighted by Crippen LogP contribution is -2.53. The van der Waals surface area contributed by atoms with E-state index in [1.165, 1.54) is 0 Å². The number of alkyl carbamates (subject to hydrolysis) is 1. The standard InChI is InChI=1S/C19H36N2O5/c1-9-25-18(24)21-14(10-12(2)3)16(22)20-15(11-13(4)5)17(23)26-19(6,7)8/h12-15H,9-11H2,1-8H3,(H,20,22)(H,21,24)/t14-,15-/m0/s1. The maximum atomic E-state index is 12.7. The predicted molar refractivity (Wildman–Crippen MR) is 101 cm³/mol. The molecule has 0 saturated heterocycles. The molecule has 0 saturated carbocycles. The van der Waals surface area contributed by atoms with Crippen molar-refractivity contribution in [1.82, 2.24) is 10.6 Å². The number of hydrogen-bond acceptors (Lipinski definition) is 5. The molecule has 2 amide bonds. The molecule has 0 spiro atoms. The van der Waals surface area contributed by atoms with E-state index in [0.717, 1.165) is 0 Å². The lowest BCUT2D eigenvalue weighted by Gasteiger charge is -2.27. The normalized spacial score (nSPS) is 13.9. The molecule has 152 valence electrons. The van der Waals surface area contributed by atoms with Crippen LogP contribution in [0.2, 0.25) is 0 Å². The van der Waals surface area contributed by atoms with E-state index in [1.807, 2.05) is 27.7 Å². The Labute approximate surface area is 157 Å². The topological polar surface area (TPSA) is 93.7 Å². The number of ether oxygens (including phenoxy) is 2. The van der Waals surface area contributed by atoms with Crippen molar-refractivity contribution >= 4 is 18.0 Å². The van der Waals surface area contributed by atoms with Crippen molar-refractivity contribution in [2.45, 2.75) is 85.9 Å². The van der Waals surface area contributed by atoms with Gasteiger partial charge in [-0.05, 0) is 52.4 Å². The van der Waals surface area contributed by atoms with Crippen molar-refractivity contribution in [2.24, 2.45) is 11.8 Å². The molecule has 2 atom stereocenters. The predicted octanol–water partition coefficient (Wildman–Crippen LogP) is 3.02. The van der Waals surface area contributed by atoms with Crippen LogP contribution >= 0.6 is 0 Å². The van der Waals surface area contributed by atoms with Gasteiger partial charge in [0.2, 0.25) is 5.91 Å². The highest BCUT2D eigenvalue weighted by Gasteiger charge is 2.30. The minimum Gasteiger partial charge on any atom is -0.458 e. The van der Waals surface area contributed by atoms with Gasteiger partial charge in [0.1, 0.15) is 17.7 Å². The van der Waals surface area contributed by atoms with Crippen LogP contribution in [0.3, 0.4) is 0 Å². The van der Waals surface area contributed by atoms with E-state index in [9.17, 15) is 14.4 Å². The first-order valence-electron chi connectivity index (χ1n) is 9.32. The summed E-state index contributed by atoms with van der Waals surface area (Å²) in [7, 11) is 0. The van der Waals surface area contributed by atoms with Crippen LogP contribution in [-0.2, 0) is 19.1 Å². The van der Waals surface area contributed by atoms with Crippen molar-refractivity contribution in [3.8, 4) is 0 Å². The van der Waals surface area contributed by atoms with Gasteiger partial charge in [-0.3, -0.25) is 4.79 Å². The summed E-state index contributed by atoms with van der Waals surface area (Å²) in [6, 6.07) is -1.54. The monoisotopic (exact) mass is 372 g/mol. The second-order valence-corrected chi connectivity index (χ2v) is 8.27. The fourth-order valence-electron chi connectivity index (χ4n) is 2.35. The average Bonchev–Trinajstić information content (AvgIpc) is 2.43. The third kappa shape index (κ3) is 10.9. The summed E-state index contributed by atoms with van der Waals surface area (Å²) >= 11 is 0. The van der Waals surface area contributed by atoms with Crippen molar-refractivity contribution < 1.29 is 23.9 Å². The first-order valence-corrected chi connectivity index (χ1v) is 9.32. The van der Waals surface area contributed by atoms with Gasteiger partial charge in [0.25, 0.3) is 0 Å². The van der Waals surface area contributed by atoms with Crippen molar-refractivity contribution in [1.29, 1.82) is 0 Å². The zero-order chi connectivity index (χ0) is 20.5. The van der Waals surface area contributed by atoms with E-state index < -0.39 is 35.7 Å². The highest BCUT2D eigenvalue weighted by molar-refractivity contribution is 5.89. The van der Waals surface area contributed by atoms with Gasteiger partial charge in [-0.1, -0.05) is 27.7 Å². The Hall–Kier alpha value is -1.79. The van der Waals surface area contributed by atoms with Gasteiger partial charge in [-0.15, -0.1) is 0 Å². The molecule has 0 aromatic rings. The second kappa shape index (κ2) is 11.0. The van der Waals surface area contributed by atoms with Crippen LogP contribution in [0.5, 0.6) is 0 Å². The molecular formula is C19H36N2O5. The van der Waals surface area contributed by atoms with Crippen LogP contribution < -0.4 is 10.6 Å². The lowest BCUT2D eigenvalue weighted by molar-refractivity contribution is -0.159. The maximum absolute atomic E-state index is 12.7. The Morgan fingerprint density at radius 3 is 1.81 bits per heavy atom. The van der Waals surface area contributed by atoms with Gasteiger partial charge < -0.3 is 20.1 Å². The van der Waals surface area contributed by atoms with E-state index in [4.69, 9.17) is 9.47 Å². The van der Waals surface area contributed by atoms with Crippen molar-refractivity contribution in [3.63, 3.8) is 0 Å². The number of esters is 1. The Morgan fingerprint density at radius 2 is 1.38 bits per heavy atom. The molecule has 26 heavy (non-hydrogen) atoms. The molecule has 0 aromatic carbocycles. The number of rotatable bonds is 9. The van der Waals surface area contributed by atoms with Gasteiger partial charge >= 0.3 is 12.1 Å². The highest BCUT2D eigenvalue weighted by atomic mass is 16.6. The molecule has 0 bridgehead atoms. The molecule has 0 aliphatic carbocycles. The smallest absolute Gasteiger partial charge is 0.407 e. The molecule has 0 rings (SSSR count). The molecule has 0 aliphatic rings. The van der Waals surface area contributed by atoms with Crippen molar-refractivity contribution in [2.75, 3.05) is 6.61 Å². The molecule has 2 N–H and O–H groups in total. The van der Waals surface area contributed by atoms with Gasteiger partial charge in [-0.2, -0.15) is 0 Å². The number of nitrogens with one attached hydrogen (secondary N) is 2. The van der Waals surface area contributed by atoms with Crippen LogP contribution in [0.25, 0.3) is 0 Å². The Balaban J connectivity index is 5.18. The summed E-state index contributed by atoms with van der Waals surface area (Å²) in [6.07, 6.45) is 0.243. The summed E-state index contributed by atoms with van der Waals surface area (Å²) < 4.78 is 10.3. The van der Waals surface area contributed by atoms with Gasteiger partial charge in [0.15, 0.2) is 0 Å². The fourth-order valence-corrected chi connectivity index (χ4v) is 2.35. The average molecular weight is 373 g/mol. The molecule has 0 unspecified atom stereocenters. The number of hydrogen-bond donors (Lipinski definition) is 2. The van der Waals surface area contributed by atoms with Gasteiger partial charge in [0.05, 0.1) is 6.61 Å². The van der Waals surface area contributed by atoms with E-state index in [2.05, 4.69) is 10.6 Å². The molecule has 7 heteroatoms. The van der Waals surface area contributed by atoms with Crippen LogP contribution in [0.1, 0.15) is 68.2 Å². The van der Waals surface area contributed by atoms with E-state index in [-0.39, 0.29) is 18.4 Å².